The Kier molecular flexibility index (Phi) is 3.95. The van der Waals surface area contributed by atoms with Crippen LogP contribution in [-0.2, 0) is 4.79 Å². The van der Waals surface area contributed by atoms with E-state index >= 15 is 0 Å². The minimum absolute atomic E-state index is 0.0956. The summed E-state index contributed by atoms with van der Waals surface area (Å²) in [4.78, 5) is 11.2. The van der Waals surface area contributed by atoms with E-state index in [1.54, 1.807) is 7.05 Å². The van der Waals surface area contributed by atoms with E-state index in [-0.39, 0.29) is 16.7 Å². The molecule has 0 saturated heterocycles. The van der Waals surface area contributed by atoms with Gasteiger partial charge in [-0.3, -0.25) is 4.79 Å². The number of rotatable bonds is 3. The monoisotopic (exact) mass is 185 g/mol. The van der Waals surface area contributed by atoms with Crippen LogP contribution in [0, 0.1) is 10.8 Å². The van der Waals surface area contributed by atoms with Crippen LogP contribution in [0.25, 0.3) is 0 Å². The summed E-state index contributed by atoms with van der Waals surface area (Å²) in [6.07, 6.45) is 1.67. The van der Waals surface area contributed by atoms with Gasteiger partial charge >= 0.3 is 0 Å². The molecule has 0 aliphatic rings. The molecule has 0 aliphatic heterocycles. The van der Waals surface area contributed by atoms with Gasteiger partial charge in [0, 0.05) is 13.5 Å². The van der Waals surface area contributed by atoms with E-state index in [4.69, 9.17) is 0 Å². The normalized spacial score (nSPS) is 12.8. The van der Waals surface area contributed by atoms with E-state index in [0.29, 0.717) is 6.42 Å². The fraction of sp³-hybridized carbons (Fsp3) is 0.909. The smallest absolute Gasteiger partial charge is 0.220 e. The highest BCUT2D eigenvalue weighted by atomic mass is 16.1. The lowest BCUT2D eigenvalue weighted by Crippen LogP contribution is -2.28. The topological polar surface area (TPSA) is 29.1 Å². The van der Waals surface area contributed by atoms with Crippen LogP contribution in [0.15, 0.2) is 0 Å². The van der Waals surface area contributed by atoms with Crippen molar-refractivity contribution in [3.8, 4) is 0 Å². The van der Waals surface area contributed by atoms with Crippen molar-refractivity contribution in [2.45, 2.75) is 47.5 Å². The van der Waals surface area contributed by atoms with E-state index in [0.717, 1.165) is 6.42 Å². The second-order valence-corrected chi connectivity index (χ2v) is 5.75. The summed E-state index contributed by atoms with van der Waals surface area (Å²) in [7, 11) is 1.69. The van der Waals surface area contributed by atoms with E-state index in [1.807, 2.05) is 0 Å². The summed E-state index contributed by atoms with van der Waals surface area (Å²) in [5.74, 6) is 0.134. The lowest BCUT2D eigenvalue weighted by atomic mass is 9.74. The third-order valence-electron chi connectivity index (χ3n) is 1.93. The Labute approximate surface area is 82.1 Å². The molecule has 2 heteroatoms. The summed E-state index contributed by atoms with van der Waals surface area (Å²) >= 11 is 0. The van der Waals surface area contributed by atoms with Crippen LogP contribution in [-0.4, -0.2) is 13.0 Å². The zero-order chi connectivity index (χ0) is 10.7. The van der Waals surface area contributed by atoms with Crippen molar-refractivity contribution in [3.63, 3.8) is 0 Å². The van der Waals surface area contributed by atoms with Gasteiger partial charge in [0.2, 0.25) is 5.91 Å². The molecule has 0 saturated carbocycles. The first-order valence-corrected chi connectivity index (χ1v) is 4.87. The zero-order valence-electron chi connectivity index (χ0n) is 9.82. The standard InChI is InChI=1S/C11H23NO/c1-10(2,3)8-11(4,5)7-9(13)12-6/h7-8H2,1-6H3,(H,12,13). The molecular weight excluding hydrogens is 162 g/mol. The van der Waals surface area contributed by atoms with Crippen molar-refractivity contribution < 1.29 is 4.79 Å². The molecule has 0 atom stereocenters. The van der Waals surface area contributed by atoms with Crippen molar-refractivity contribution in [1.82, 2.24) is 5.32 Å². The Hall–Kier alpha value is -0.530. The Morgan fingerprint density at radius 2 is 1.62 bits per heavy atom. The highest BCUT2D eigenvalue weighted by Crippen LogP contribution is 2.35. The van der Waals surface area contributed by atoms with Crippen LogP contribution < -0.4 is 5.32 Å². The number of hydrogen-bond donors (Lipinski definition) is 1. The van der Waals surface area contributed by atoms with Gasteiger partial charge in [-0.05, 0) is 17.3 Å². The van der Waals surface area contributed by atoms with E-state index < -0.39 is 0 Å². The molecule has 0 aromatic rings. The molecule has 1 N–H and O–H groups in total. The van der Waals surface area contributed by atoms with Crippen LogP contribution in [0.3, 0.4) is 0 Å². The summed E-state index contributed by atoms with van der Waals surface area (Å²) in [6.45, 7) is 10.9. The molecule has 0 unspecified atom stereocenters. The van der Waals surface area contributed by atoms with Gasteiger partial charge in [0.15, 0.2) is 0 Å². The van der Waals surface area contributed by atoms with E-state index in [2.05, 4.69) is 39.9 Å². The molecule has 0 rings (SSSR count). The fourth-order valence-corrected chi connectivity index (χ4v) is 2.02. The maximum atomic E-state index is 11.2. The number of nitrogens with one attached hydrogen (secondary N) is 1. The van der Waals surface area contributed by atoms with E-state index in [1.165, 1.54) is 0 Å². The lowest BCUT2D eigenvalue weighted by molar-refractivity contribution is -0.122. The van der Waals surface area contributed by atoms with Crippen LogP contribution in [0.4, 0.5) is 0 Å². The Morgan fingerprint density at radius 1 is 1.15 bits per heavy atom. The van der Waals surface area contributed by atoms with Crippen molar-refractivity contribution >= 4 is 5.91 Å². The molecule has 2 nitrogen and oxygen atoms in total. The molecule has 0 aromatic carbocycles. The van der Waals surface area contributed by atoms with Crippen LogP contribution in [0.2, 0.25) is 0 Å². The van der Waals surface area contributed by atoms with Gasteiger partial charge in [-0.25, -0.2) is 0 Å². The summed E-state index contributed by atoms with van der Waals surface area (Å²) in [5, 5.41) is 2.67. The number of amides is 1. The molecule has 1 amide bonds. The molecule has 0 aromatic heterocycles. The summed E-state index contributed by atoms with van der Waals surface area (Å²) in [6, 6.07) is 0. The Morgan fingerprint density at radius 3 is 1.92 bits per heavy atom. The van der Waals surface area contributed by atoms with Gasteiger partial charge < -0.3 is 5.32 Å². The van der Waals surface area contributed by atoms with Gasteiger partial charge in [-0.2, -0.15) is 0 Å². The fourth-order valence-electron chi connectivity index (χ4n) is 2.02. The first-order valence-electron chi connectivity index (χ1n) is 4.87. The molecule has 0 aliphatic carbocycles. The van der Waals surface area contributed by atoms with Gasteiger partial charge in [0.25, 0.3) is 0 Å². The zero-order valence-corrected chi connectivity index (χ0v) is 9.82. The van der Waals surface area contributed by atoms with E-state index in [9.17, 15) is 4.79 Å². The largest absolute Gasteiger partial charge is 0.359 e. The Balaban J connectivity index is 4.16. The molecule has 0 spiro atoms. The lowest BCUT2D eigenvalue weighted by Gasteiger charge is -2.31. The number of carbonyl (C=O) groups is 1. The number of hydrogen-bond acceptors (Lipinski definition) is 1. The third-order valence-corrected chi connectivity index (χ3v) is 1.93. The first-order chi connectivity index (χ1) is 5.66. The first kappa shape index (κ1) is 12.5. The van der Waals surface area contributed by atoms with Crippen LogP contribution in [0.5, 0.6) is 0 Å². The minimum Gasteiger partial charge on any atom is -0.359 e. The van der Waals surface area contributed by atoms with Crippen LogP contribution in [0.1, 0.15) is 47.5 Å². The highest BCUT2D eigenvalue weighted by Gasteiger charge is 2.27. The Bertz CT molecular complexity index is 177. The molecule has 0 fully saturated rings. The van der Waals surface area contributed by atoms with Crippen molar-refractivity contribution in [2.24, 2.45) is 10.8 Å². The van der Waals surface area contributed by atoms with Crippen LogP contribution >= 0.6 is 0 Å². The molecule has 0 heterocycles. The average molecular weight is 185 g/mol. The highest BCUT2D eigenvalue weighted by molar-refractivity contribution is 5.76. The molecular formula is C11H23NO. The third kappa shape index (κ3) is 6.62. The molecule has 0 bridgehead atoms. The maximum Gasteiger partial charge on any atom is 0.220 e. The van der Waals surface area contributed by atoms with Gasteiger partial charge in [-0.15, -0.1) is 0 Å². The molecule has 13 heavy (non-hydrogen) atoms. The minimum atomic E-state index is 0.0956. The second kappa shape index (κ2) is 4.12. The van der Waals surface area contributed by atoms with Crippen molar-refractivity contribution in [2.75, 3.05) is 7.05 Å². The molecule has 78 valence electrons. The predicted octanol–water partition coefficient (Wildman–Crippen LogP) is 2.58. The van der Waals surface area contributed by atoms with Crippen molar-refractivity contribution in [1.29, 1.82) is 0 Å². The second-order valence-electron chi connectivity index (χ2n) is 5.75. The number of carbonyl (C=O) groups excluding carboxylic acids is 1. The van der Waals surface area contributed by atoms with Gasteiger partial charge in [0.1, 0.15) is 0 Å². The average Bonchev–Trinajstić information content (AvgIpc) is 1.80. The maximum absolute atomic E-state index is 11.2. The van der Waals surface area contributed by atoms with Gasteiger partial charge in [-0.1, -0.05) is 34.6 Å². The summed E-state index contributed by atoms with van der Waals surface area (Å²) < 4.78 is 0. The quantitative estimate of drug-likeness (QED) is 0.719. The predicted molar refractivity (Wildman–Crippen MR) is 56.5 cm³/mol. The van der Waals surface area contributed by atoms with Gasteiger partial charge in [0.05, 0.1) is 0 Å². The van der Waals surface area contributed by atoms with Crippen molar-refractivity contribution in [3.05, 3.63) is 0 Å². The SMILES string of the molecule is CNC(=O)CC(C)(C)CC(C)(C)C. The molecule has 0 radical (unpaired) electrons. The summed E-state index contributed by atoms with van der Waals surface area (Å²) in [5.41, 5.74) is 0.385.